The molecule has 4 rings (SSSR count). The fourth-order valence-electron chi connectivity index (χ4n) is 4.56. The van der Waals surface area contributed by atoms with Gasteiger partial charge in [-0.1, -0.05) is 43.2 Å². The van der Waals surface area contributed by atoms with E-state index in [0.717, 1.165) is 43.0 Å². The second kappa shape index (κ2) is 6.77. The van der Waals surface area contributed by atoms with Gasteiger partial charge in [0.1, 0.15) is 0 Å². The Bertz CT molecular complexity index is 791. The van der Waals surface area contributed by atoms with E-state index in [0.29, 0.717) is 0 Å². The highest BCUT2D eigenvalue weighted by Crippen LogP contribution is 2.36. The second-order valence-electron chi connectivity index (χ2n) is 7.55. The van der Waals surface area contributed by atoms with E-state index in [1.165, 1.54) is 25.7 Å². The molecule has 1 aromatic heterocycles. The van der Waals surface area contributed by atoms with Gasteiger partial charge in [0, 0.05) is 56.6 Å². The predicted molar refractivity (Wildman–Crippen MR) is 102 cm³/mol. The van der Waals surface area contributed by atoms with E-state index in [2.05, 4.69) is 26.9 Å². The lowest BCUT2D eigenvalue weighted by Crippen LogP contribution is -2.59. The molecule has 2 heterocycles. The Morgan fingerprint density at radius 1 is 1.16 bits per heavy atom. The van der Waals surface area contributed by atoms with Crippen LogP contribution in [0.1, 0.15) is 31.2 Å². The minimum absolute atomic E-state index is 0.156. The van der Waals surface area contributed by atoms with Crippen molar-refractivity contribution in [3.05, 3.63) is 58.4 Å². The summed E-state index contributed by atoms with van der Waals surface area (Å²) in [6.07, 6.45) is 7.16. The molecule has 4 heteroatoms. The molecule has 1 aliphatic carbocycles. The van der Waals surface area contributed by atoms with E-state index in [1.807, 2.05) is 31.4 Å². The number of hydrogen-bond donors (Lipinski definition) is 1. The zero-order chi connectivity index (χ0) is 17.3. The Hall–Kier alpha value is -1.91. The van der Waals surface area contributed by atoms with Gasteiger partial charge in [0.2, 0.25) is 0 Å². The summed E-state index contributed by atoms with van der Waals surface area (Å²) in [6.45, 7) is 3.88. The summed E-state index contributed by atoms with van der Waals surface area (Å²) in [5.74, 6) is 0. The van der Waals surface area contributed by atoms with Crippen molar-refractivity contribution in [3.63, 3.8) is 0 Å². The third-order valence-corrected chi connectivity index (χ3v) is 5.96. The van der Waals surface area contributed by atoms with Crippen LogP contribution in [0.5, 0.6) is 0 Å². The first kappa shape index (κ1) is 16.6. The average molecular weight is 337 g/mol. The molecule has 1 aromatic carbocycles. The highest BCUT2D eigenvalue weighted by molar-refractivity contribution is 5.59. The van der Waals surface area contributed by atoms with Crippen molar-refractivity contribution in [3.8, 4) is 11.3 Å². The van der Waals surface area contributed by atoms with E-state index in [9.17, 15) is 4.79 Å². The molecule has 25 heavy (non-hydrogen) atoms. The van der Waals surface area contributed by atoms with Gasteiger partial charge in [0.15, 0.2) is 5.43 Å². The number of piperazine rings is 1. The first-order chi connectivity index (χ1) is 12.2. The molecule has 132 valence electrons. The van der Waals surface area contributed by atoms with Gasteiger partial charge in [-0.2, -0.15) is 0 Å². The summed E-state index contributed by atoms with van der Waals surface area (Å²) in [5, 5.41) is 3.56. The number of nitrogens with one attached hydrogen (secondary N) is 1. The van der Waals surface area contributed by atoms with Crippen LogP contribution in [0.2, 0.25) is 0 Å². The zero-order valence-electron chi connectivity index (χ0n) is 15.0. The molecule has 0 atom stereocenters. The Morgan fingerprint density at radius 2 is 1.92 bits per heavy atom. The number of aryl methyl sites for hydroxylation is 1. The van der Waals surface area contributed by atoms with Crippen LogP contribution in [-0.4, -0.2) is 34.6 Å². The van der Waals surface area contributed by atoms with E-state index in [-0.39, 0.29) is 11.0 Å². The van der Waals surface area contributed by atoms with Crippen molar-refractivity contribution >= 4 is 0 Å². The highest BCUT2D eigenvalue weighted by Gasteiger charge is 2.41. The van der Waals surface area contributed by atoms with Crippen LogP contribution < -0.4 is 10.7 Å². The lowest BCUT2D eigenvalue weighted by Gasteiger charge is -2.45. The molecule has 0 amide bonds. The Morgan fingerprint density at radius 3 is 2.68 bits per heavy atom. The standard InChI is InChI=1S/C21H27N3O/c1-23-14-18(20(25)13-19(23)17-7-3-2-4-8-17)15-24-12-11-22-16-21(24)9-5-6-10-21/h2-4,7-8,13-14,22H,5-6,9-12,15-16H2,1H3. The van der Waals surface area contributed by atoms with Crippen molar-refractivity contribution < 1.29 is 0 Å². The Kier molecular flexibility index (Phi) is 4.48. The number of benzene rings is 1. The van der Waals surface area contributed by atoms with Gasteiger partial charge in [-0.25, -0.2) is 0 Å². The van der Waals surface area contributed by atoms with Gasteiger partial charge < -0.3 is 9.88 Å². The molecule has 2 aromatic rings. The van der Waals surface area contributed by atoms with Crippen molar-refractivity contribution in [2.75, 3.05) is 19.6 Å². The molecule has 0 unspecified atom stereocenters. The largest absolute Gasteiger partial charge is 0.350 e. The summed E-state index contributed by atoms with van der Waals surface area (Å²) in [5.41, 5.74) is 3.40. The first-order valence-corrected chi connectivity index (χ1v) is 9.39. The first-order valence-electron chi connectivity index (χ1n) is 9.39. The van der Waals surface area contributed by atoms with Crippen LogP contribution in [0.3, 0.4) is 0 Å². The minimum Gasteiger partial charge on any atom is -0.350 e. The molecule has 1 spiro atoms. The molecule has 4 nitrogen and oxygen atoms in total. The van der Waals surface area contributed by atoms with Gasteiger partial charge in [-0.15, -0.1) is 0 Å². The third kappa shape index (κ3) is 3.16. The maximum atomic E-state index is 12.8. The number of rotatable bonds is 3. The van der Waals surface area contributed by atoms with Crippen LogP contribution >= 0.6 is 0 Å². The number of nitrogens with zero attached hydrogens (tertiary/aromatic N) is 2. The molecular formula is C21H27N3O. The molecule has 1 aliphatic heterocycles. The smallest absolute Gasteiger partial charge is 0.186 e. The van der Waals surface area contributed by atoms with Gasteiger partial charge >= 0.3 is 0 Å². The molecule has 0 bridgehead atoms. The van der Waals surface area contributed by atoms with E-state index in [4.69, 9.17) is 0 Å². The summed E-state index contributed by atoms with van der Waals surface area (Å²) >= 11 is 0. The fourth-order valence-corrected chi connectivity index (χ4v) is 4.56. The van der Waals surface area contributed by atoms with Gasteiger partial charge in [0.25, 0.3) is 0 Å². The zero-order valence-corrected chi connectivity index (χ0v) is 15.0. The van der Waals surface area contributed by atoms with Crippen LogP contribution in [0.4, 0.5) is 0 Å². The normalized spacial score (nSPS) is 20.2. The molecule has 1 saturated heterocycles. The molecule has 2 fully saturated rings. The maximum Gasteiger partial charge on any atom is 0.186 e. The Balaban J connectivity index is 1.63. The summed E-state index contributed by atoms with van der Waals surface area (Å²) in [4.78, 5) is 15.4. The number of hydrogen-bond acceptors (Lipinski definition) is 3. The van der Waals surface area contributed by atoms with Crippen LogP contribution in [0.25, 0.3) is 11.3 Å². The monoisotopic (exact) mass is 337 g/mol. The van der Waals surface area contributed by atoms with Gasteiger partial charge in [-0.3, -0.25) is 9.69 Å². The maximum absolute atomic E-state index is 12.8. The molecule has 2 aliphatic rings. The van der Waals surface area contributed by atoms with Crippen LogP contribution in [-0.2, 0) is 13.6 Å². The lowest BCUT2D eigenvalue weighted by atomic mass is 9.92. The third-order valence-electron chi connectivity index (χ3n) is 5.96. The topological polar surface area (TPSA) is 37.3 Å². The Labute approximate surface area is 149 Å². The summed E-state index contributed by atoms with van der Waals surface area (Å²) < 4.78 is 2.09. The lowest BCUT2D eigenvalue weighted by molar-refractivity contribution is 0.0568. The van der Waals surface area contributed by atoms with E-state index < -0.39 is 0 Å². The second-order valence-corrected chi connectivity index (χ2v) is 7.55. The quantitative estimate of drug-likeness (QED) is 0.936. The summed E-state index contributed by atoms with van der Waals surface area (Å²) in [7, 11) is 2.04. The van der Waals surface area contributed by atoms with E-state index in [1.54, 1.807) is 6.07 Å². The summed E-state index contributed by atoms with van der Waals surface area (Å²) in [6, 6.07) is 11.9. The van der Waals surface area contributed by atoms with Crippen molar-refractivity contribution in [1.29, 1.82) is 0 Å². The van der Waals surface area contributed by atoms with Gasteiger partial charge in [-0.05, 0) is 18.4 Å². The minimum atomic E-state index is 0.156. The fraction of sp³-hybridized carbons (Fsp3) is 0.476. The average Bonchev–Trinajstić information content (AvgIpc) is 3.10. The van der Waals surface area contributed by atoms with Crippen LogP contribution in [0.15, 0.2) is 47.4 Å². The van der Waals surface area contributed by atoms with E-state index >= 15 is 0 Å². The SMILES string of the molecule is Cn1cc(CN2CCNCC23CCCC3)c(=O)cc1-c1ccccc1. The molecular weight excluding hydrogens is 310 g/mol. The molecule has 1 N–H and O–H groups in total. The predicted octanol–water partition coefficient (Wildman–Crippen LogP) is 2.77. The number of pyridine rings is 1. The highest BCUT2D eigenvalue weighted by atomic mass is 16.1. The molecule has 0 radical (unpaired) electrons. The number of aromatic nitrogens is 1. The van der Waals surface area contributed by atoms with Crippen LogP contribution in [0, 0.1) is 0 Å². The van der Waals surface area contributed by atoms with Gasteiger partial charge in [0.05, 0.1) is 5.69 Å². The van der Waals surface area contributed by atoms with Crippen molar-refractivity contribution in [2.45, 2.75) is 37.8 Å². The van der Waals surface area contributed by atoms with Crippen molar-refractivity contribution in [2.24, 2.45) is 7.05 Å². The molecule has 1 saturated carbocycles. The van der Waals surface area contributed by atoms with Crippen molar-refractivity contribution in [1.82, 2.24) is 14.8 Å².